The molecule has 0 amide bonds. The normalized spacial score (nSPS) is 10.5. The van der Waals surface area contributed by atoms with Gasteiger partial charge < -0.3 is 19.9 Å². The van der Waals surface area contributed by atoms with Crippen LogP contribution in [-0.2, 0) is 11.2 Å². The van der Waals surface area contributed by atoms with E-state index >= 15 is 0 Å². The van der Waals surface area contributed by atoms with Crippen molar-refractivity contribution in [2.24, 2.45) is 0 Å². The van der Waals surface area contributed by atoms with Crippen LogP contribution in [-0.4, -0.2) is 38.5 Å². The number of aliphatic carboxylic acids is 1. The number of carbonyl (C=O) groups is 1. The van der Waals surface area contributed by atoms with E-state index < -0.39 is 17.4 Å². The van der Waals surface area contributed by atoms with Gasteiger partial charge in [0.2, 0.25) is 5.88 Å². The summed E-state index contributed by atoms with van der Waals surface area (Å²) >= 11 is 0.839. The monoisotopic (exact) mass is 350 g/mol. The molecule has 0 bridgehead atoms. The summed E-state index contributed by atoms with van der Waals surface area (Å²) in [4.78, 5) is 28.9. The van der Waals surface area contributed by atoms with Crippen LogP contribution in [0.1, 0.15) is 24.5 Å². The Morgan fingerprint density at radius 2 is 2.04 bits per heavy atom. The highest BCUT2D eigenvalue weighted by Crippen LogP contribution is 2.20. The minimum absolute atomic E-state index is 0.0759. The average molecular weight is 350 g/mol. The smallest absolute Gasteiger partial charge is 0.313 e. The fourth-order valence-electron chi connectivity index (χ4n) is 1.95. The van der Waals surface area contributed by atoms with E-state index in [1.54, 1.807) is 12.1 Å². The van der Waals surface area contributed by atoms with E-state index in [1.165, 1.54) is 0 Å². The highest BCUT2D eigenvalue weighted by Gasteiger charge is 2.13. The van der Waals surface area contributed by atoms with Crippen molar-refractivity contribution in [3.05, 3.63) is 45.7 Å². The molecule has 1 aromatic carbocycles. The largest absolute Gasteiger partial charge is 0.494 e. The number of nitrogens with one attached hydrogen (secondary N) is 1. The second kappa shape index (κ2) is 8.39. The van der Waals surface area contributed by atoms with Crippen LogP contribution in [0.4, 0.5) is 0 Å². The van der Waals surface area contributed by atoms with Crippen molar-refractivity contribution in [1.29, 1.82) is 0 Å². The Labute approximate surface area is 142 Å². The first kappa shape index (κ1) is 17.9. The van der Waals surface area contributed by atoms with Gasteiger partial charge in [-0.05, 0) is 24.1 Å². The molecule has 0 radical (unpaired) electrons. The number of carboxylic acids is 1. The molecule has 0 aliphatic heterocycles. The number of thioether (sulfide) groups is 1. The minimum Gasteiger partial charge on any atom is -0.494 e. The van der Waals surface area contributed by atoms with E-state index in [9.17, 15) is 14.7 Å². The predicted molar refractivity (Wildman–Crippen MR) is 89.9 cm³/mol. The van der Waals surface area contributed by atoms with Gasteiger partial charge in [0.05, 0.1) is 17.9 Å². The van der Waals surface area contributed by atoms with Crippen LogP contribution in [0.15, 0.2) is 34.2 Å². The number of aromatic nitrogens is 2. The lowest BCUT2D eigenvalue weighted by Crippen LogP contribution is -2.16. The Bertz CT molecular complexity index is 758. The maximum absolute atomic E-state index is 12.1. The first-order valence-corrected chi connectivity index (χ1v) is 8.36. The topological polar surface area (TPSA) is 113 Å². The lowest BCUT2D eigenvalue weighted by Gasteiger charge is -2.07. The molecule has 128 valence electrons. The highest BCUT2D eigenvalue weighted by atomic mass is 32.2. The van der Waals surface area contributed by atoms with Crippen molar-refractivity contribution in [2.75, 3.05) is 12.4 Å². The third kappa shape index (κ3) is 5.02. The van der Waals surface area contributed by atoms with Crippen LogP contribution in [0.25, 0.3) is 0 Å². The quantitative estimate of drug-likeness (QED) is 0.493. The first-order chi connectivity index (χ1) is 11.5. The van der Waals surface area contributed by atoms with E-state index in [2.05, 4.69) is 9.97 Å². The summed E-state index contributed by atoms with van der Waals surface area (Å²) < 4.78 is 5.49. The zero-order chi connectivity index (χ0) is 17.5. The standard InChI is InChI=1S/C16H18N2O5S/c1-2-7-23-11-5-3-10(4-6-11)8-12-14(21)17-16(18-15(12)22)24-9-13(19)20/h3-6H,2,7-9H2,1H3,(H,19,20)(H2,17,18,21,22). The fourth-order valence-corrected chi connectivity index (χ4v) is 2.53. The maximum atomic E-state index is 12.1. The summed E-state index contributed by atoms with van der Waals surface area (Å²) in [6.07, 6.45) is 1.13. The molecule has 0 fully saturated rings. The van der Waals surface area contributed by atoms with Crippen LogP contribution in [0.3, 0.4) is 0 Å². The van der Waals surface area contributed by atoms with Crippen molar-refractivity contribution in [3.63, 3.8) is 0 Å². The zero-order valence-corrected chi connectivity index (χ0v) is 13.9. The number of ether oxygens (including phenoxy) is 1. The molecule has 2 aromatic rings. The summed E-state index contributed by atoms with van der Waals surface area (Å²) in [5.41, 5.74) is 0.478. The summed E-state index contributed by atoms with van der Waals surface area (Å²) in [7, 11) is 0. The van der Waals surface area contributed by atoms with E-state index in [0.717, 1.165) is 29.5 Å². The SMILES string of the molecule is CCCOc1ccc(Cc2c(O)nc(SCC(=O)O)[nH]c2=O)cc1. The second-order valence-corrected chi connectivity index (χ2v) is 5.99. The number of nitrogens with zero attached hydrogens (tertiary/aromatic N) is 1. The molecule has 3 N–H and O–H groups in total. The molecule has 0 atom stereocenters. The van der Waals surface area contributed by atoms with Gasteiger partial charge in [0, 0.05) is 6.42 Å². The number of hydrogen-bond acceptors (Lipinski definition) is 6. The van der Waals surface area contributed by atoms with Crippen LogP contribution >= 0.6 is 11.8 Å². The van der Waals surface area contributed by atoms with Gasteiger partial charge in [-0.2, -0.15) is 4.98 Å². The Hall–Kier alpha value is -2.48. The van der Waals surface area contributed by atoms with Crippen molar-refractivity contribution >= 4 is 17.7 Å². The van der Waals surface area contributed by atoms with E-state index in [-0.39, 0.29) is 22.9 Å². The molecule has 8 heteroatoms. The molecule has 24 heavy (non-hydrogen) atoms. The molecule has 1 heterocycles. The summed E-state index contributed by atoms with van der Waals surface area (Å²) in [6.45, 7) is 2.66. The number of carboxylic acid groups (broad SMARTS) is 1. The number of hydrogen-bond donors (Lipinski definition) is 3. The van der Waals surface area contributed by atoms with Crippen LogP contribution in [0.2, 0.25) is 0 Å². The lowest BCUT2D eigenvalue weighted by molar-refractivity contribution is -0.133. The number of H-pyrrole nitrogens is 1. The lowest BCUT2D eigenvalue weighted by atomic mass is 10.1. The molecule has 0 saturated carbocycles. The van der Waals surface area contributed by atoms with E-state index in [0.29, 0.717) is 6.61 Å². The summed E-state index contributed by atoms with van der Waals surface area (Å²) in [5, 5.41) is 18.7. The van der Waals surface area contributed by atoms with Crippen LogP contribution < -0.4 is 10.3 Å². The molecule has 0 saturated heterocycles. The Morgan fingerprint density at radius 3 is 2.62 bits per heavy atom. The molecule has 2 rings (SSSR count). The Kier molecular flexibility index (Phi) is 6.25. The highest BCUT2D eigenvalue weighted by molar-refractivity contribution is 7.99. The van der Waals surface area contributed by atoms with Crippen molar-refractivity contribution in [2.45, 2.75) is 24.9 Å². The maximum Gasteiger partial charge on any atom is 0.313 e. The number of aromatic hydroxyl groups is 1. The molecule has 0 unspecified atom stereocenters. The number of rotatable bonds is 8. The minimum atomic E-state index is -1.03. The van der Waals surface area contributed by atoms with Crippen LogP contribution in [0, 0.1) is 0 Å². The van der Waals surface area contributed by atoms with Crippen LogP contribution in [0.5, 0.6) is 11.6 Å². The molecular weight excluding hydrogens is 332 g/mol. The Balaban J connectivity index is 2.11. The van der Waals surface area contributed by atoms with Gasteiger partial charge in [0.25, 0.3) is 5.56 Å². The van der Waals surface area contributed by atoms with Crippen molar-refractivity contribution in [3.8, 4) is 11.6 Å². The summed E-state index contributed by atoms with van der Waals surface area (Å²) in [6, 6.07) is 7.25. The van der Waals surface area contributed by atoms with Gasteiger partial charge in [0.15, 0.2) is 5.16 Å². The van der Waals surface area contributed by atoms with Crippen molar-refractivity contribution in [1.82, 2.24) is 9.97 Å². The van der Waals surface area contributed by atoms with Gasteiger partial charge in [0.1, 0.15) is 5.75 Å². The predicted octanol–water partition coefficient (Wildman–Crippen LogP) is 2.03. The van der Waals surface area contributed by atoms with Crippen molar-refractivity contribution < 1.29 is 19.7 Å². The third-order valence-electron chi connectivity index (χ3n) is 3.08. The fraction of sp³-hybridized carbons (Fsp3) is 0.312. The Morgan fingerprint density at radius 1 is 1.33 bits per heavy atom. The van der Waals surface area contributed by atoms with Gasteiger partial charge in [-0.3, -0.25) is 9.59 Å². The zero-order valence-electron chi connectivity index (χ0n) is 13.1. The van der Waals surface area contributed by atoms with E-state index in [1.807, 2.05) is 19.1 Å². The third-order valence-corrected chi connectivity index (χ3v) is 3.94. The molecule has 1 aromatic heterocycles. The molecule has 0 aliphatic carbocycles. The number of aromatic amines is 1. The number of benzene rings is 1. The van der Waals surface area contributed by atoms with Gasteiger partial charge in [-0.1, -0.05) is 30.8 Å². The second-order valence-electron chi connectivity index (χ2n) is 5.02. The summed E-state index contributed by atoms with van der Waals surface area (Å²) in [5.74, 6) is -0.923. The van der Waals surface area contributed by atoms with Gasteiger partial charge in [-0.25, -0.2) is 0 Å². The molecular formula is C16H18N2O5S. The molecule has 0 aliphatic rings. The van der Waals surface area contributed by atoms with Gasteiger partial charge >= 0.3 is 5.97 Å². The first-order valence-electron chi connectivity index (χ1n) is 7.38. The van der Waals surface area contributed by atoms with Gasteiger partial charge in [-0.15, -0.1) is 0 Å². The van der Waals surface area contributed by atoms with E-state index in [4.69, 9.17) is 9.84 Å². The molecule has 0 spiro atoms. The molecule has 7 nitrogen and oxygen atoms in total. The average Bonchev–Trinajstić information content (AvgIpc) is 2.55.